The molecule has 34 heavy (non-hydrogen) atoms. The van der Waals surface area contributed by atoms with E-state index in [2.05, 4.69) is 10.1 Å². The van der Waals surface area contributed by atoms with Gasteiger partial charge in [-0.05, 0) is 29.8 Å². The minimum absolute atomic E-state index is 0.00761. The van der Waals surface area contributed by atoms with Crippen molar-refractivity contribution in [2.45, 2.75) is 19.1 Å². The Bertz CT molecular complexity index is 1250. The number of piperazine rings is 1. The number of hydrogen-bond acceptors (Lipinski definition) is 5. The Labute approximate surface area is 191 Å². The van der Waals surface area contributed by atoms with E-state index in [1.165, 1.54) is 15.6 Å². The number of benzene rings is 1. The standard InChI is InChI=1S/C22H21F3N6O3/c23-22(24,25)19-3-1-2-17(27-19)18(32)11-14-4-5-16-15(10-14)12-31(28-16)13-20(33)29-6-8-30(9-7-29)21(26)34/h1-5,10,12H,6-9,11,13H2,(H2,26,34). The Hall–Kier alpha value is -3.96. The normalized spacial score (nSPS) is 14.4. The summed E-state index contributed by atoms with van der Waals surface area (Å²) < 4.78 is 40.1. The number of ketones is 1. The summed E-state index contributed by atoms with van der Waals surface area (Å²) in [6, 6.07) is 7.77. The zero-order chi connectivity index (χ0) is 24.5. The second-order valence-corrected chi connectivity index (χ2v) is 7.93. The Balaban J connectivity index is 1.42. The van der Waals surface area contributed by atoms with E-state index in [0.717, 1.165) is 12.1 Å². The zero-order valence-electron chi connectivity index (χ0n) is 18.0. The van der Waals surface area contributed by atoms with Crippen LogP contribution in [0.1, 0.15) is 21.7 Å². The average molecular weight is 474 g/mol. The van der Waals surface area contributed by atoms with Crippen LogP contribution in [-0.4, -0.2) is 68.5 Å². The fraction of sp³-hybridized carbons (Fsp3) is 0.318. The minimum Gasteiger partial charge on any atom is -0.351 e. The molecule has 0 aliphatic carbocycles. The van der Waals surface area contributed by atoms with Crippen molar-refractivity contribution < 1.29 is 27.6 Å². The highest BCUT2D eigenvalue weighted by Gasteiger charge is 2.33. The first-order chi connectivity index (χ1) is 16.1. The van der Waals surface area contributed by atoms with Crippen molar-refractivity contribution >= 4 is 28.6 Å². The van der Waals surface area contributed by atoms with Crippen LogP contribution in [0, 0.1) is 0 Å². The van der Waals surface area contributed by atoms with Gasteiger partial charge in [-0.15, -0.1) is 0 Å². The Morgan fingerprint density at radius 1 is 1.00 bits per heavy atom. The van der Waals surface area contributed by atoms with E-state index in [1.807, 2.05) is 0 Å². The molecular formula is C22H21F3N6O3. The van der Waals surface area contributed by atoms with Crippen LogP contribution in [0.4, 0.5) is 18.0 Å². The molecule has 3 aromatic rings. The molecule has 1 fully saturated rings. The van der Waals surface area contributed by atoms with Gasteiger partial charge in [0.25, 0.3) is 0 Å². The van der Waals surface area contributed by atoms with Gasteiger partial charge in [0.2, 0.25) is 5.91 Å². The summed E-state index contributed by atoms with van der Waals surface area (Å²) in [5, 5.41) is 5.06. The second kappa shape index (κ2) is 9.12. The number of alkyl halides is 3. The van der Waals surface area contributed by atoms with Gasteiger partial charge in [0.05, 0.1) is 5.52 Å². The molecule has 9 nitrogen and oxygen atoms in total. The van der Waals surface area contributed by atoms with Crippen LogP contribution in [0.25, 0.3) is 10.9 Å². The van der Waals surface area contributed by atoms with E-state index in [0.29, 0.717) is 42.6 Å². The number of urea groups is 1. The van der Waals surface area contributed by atoms with Crippen LogP contribution in [0.2, 0.25) is 0 Å². The Morgan fingerprint density at radius 2 is 1.71 bits per heavy atom. The summed E-state index contributed by atoms with van der Waals surface area (Å²) in [6.45, 7) is 1.53. The summed E-state index contributed by atoms with van der Waals surface area (Å²) in [5.41, 5.74) is 5.08. The van der Waals surface area contributed by atoms with Gasteiger partial charge in [-0.25, -0.2) is 9.78 Å². The molecule has 0 spiro atoms. The van der Waals surface area contributed by atoms with E-state index in [-0.39, 0.29) is 24.6 Å². The maximum atomic E-state index is 12.9. The number of carbonyl (C=O) groups excluding carboxylic acids is 3. The fourth-order valence-corrected chi connectivity index (χ4v) is 3.76. The van der Waals surface area contributed by atoms with E-state index < -0.39 is 23.7 Å². The molecule has 1 aliphatic rings. The number of nitrogens with zero attached hydrogens (tertiary/aromatic N) is 5. The summed E-state index contributed by atoms with van der Waals surface area (Å²) >= 11 is 0. The lowest BCUT2D eigenvalue weighted by atomic mass is 10.0. The number of aromatic nitrogens is 3. The number of nitrogens with two attached hydrogens (primary N) is 1. The molecule has 1 aromatic carbocycles. The van der Waals surface area contributed by atoms with Gasteiger partial charge in [-0.2, -0.15) is 18.3 Å². The van der Waals surface area contributed by atoms with Crippen LogP contribution >= 0.6 is 0 Å². The van der Waals surface area contributed by atoms with Crippen LogP contribution in [-0.2, 0) is 23.9 Å². The minimum atomic E-state index is -4.63. The number of carbonyl (C=O) groups is 3. The molecule has 12 heteroatoms. The summed E-state index contributed by atoms with van der Waals surface area (Å²) in [5.74, 6) is -0.689. The van der Waals surface area contributed by atoms with Crippen molar-refractivity contribution in [1.29, 1.82) is 0 Å². The van der Waals surface area contributed by atoms with Gasteiger partial charge >= 0.3 is 12.2 Å². The first-order valence-corrected chi connectivity index (χ1v) is 10.5. The third-order valence-electron chi connectivity index (χ3n) is 5.55. The van der Waals surface area contributed by atoms with E-state index >= 15 is 0 Å². The van der Waals surface area contributed by atoms with Gasteiger partial charge in [0.15, 0.2) is 5.78 Å². The number of hydrogen-bond donors (Lipinski definition) is 1. The molecule has 3 amide bonds. The summed E-state index contributed by atoms with van der Waals surface area (Å²) in [4.78, 5) is 42.8. The van der Waals surface area contributed by atoms with Gasteiger partial charge in [0, 0.05) is 44.2 Å². The molecule has 0 radical (unpaired) electrons. The number of amides is 3. The first kappa shape index (κ1) is 23.2. The predicted molar refractivity (Wildman–Crippen MR) is 115 cm³/mol. The lowest BCUT2D eigenvalue weighted by Gasteiger charge is -2.33. The highest BCUT2D eigenvalue weighted by atomic mass is 19.4. The van der Waals surface area contributed by atoms with Crippen molar-refractivity contribution in [2.24, 2.45) is 5.73 Å². The predicted octanol–water partition coefficient (Wildman–Crippen LogP) is 2.10. The Morgan fingerprint density at radius 3 is 2.38 bits per heavy atom. The van der Waals surface area contributed by atoms with Gasteiger partial charge in [-0.3, -0.25) is 14.3 Å². The van der Waals surface area contributed by atoms with Gasteiger partial charge < -0.3 is 15.5 Å². The maximum Gasteiger partial charge on any atom is 0.433 e. The lowest BCUT2D eigenvalue weighted by Crippen LogP contribution is -2.52. The van der Waals surface area contributed by atoms with E-state index in [4.69, 9.17) is 5.73 Å². The molecule has 0 saturated carbocycles. The number of Topliss-reactive ketones (excluding diaryl/α,β-unsaturated/α-hetero) is 1. The third kappa shape index (κ3) is 5.16. The van der Waals surface area contributed by atoms with Crippen LogP contribution in [0.15, 0.2) is 42.6 Å². The van der Waals surface area contributed by atoms with Crippen molar-refractivity contribution in [3.63, 3.8) is 0 Å². The molecule has 178 valence electrons. The molecule has 1 saturated heterocycles. The first-order valence-electron chi connectivity index (χ1n) is 10.5. The summed E-state index contributed by atoms with van der Waals surface area (Å²) in [7, 11) is 0. The molecule has 2 aromatic heterocycles. The highest BCUT2D eigenvalue weighted by molar-refractivity contribution is 5.96. The second-order valence-electron chi connectivity index (χ2n) is 7.93. The van der Waals surface area contributed by atoms with Gasteiger partial charge in [0.1, 0.15) is 17.9 Å². The zero-order valence-corrected chi connectivity index (χ0v) is 18.0. The van der Waals surface area contributed by atoms with E-state index in [1.54, 1.807) is 29.3 Å². The molecule has 4 rings (SSSR count). The molecule has 1 aliphatic heterocycles. The quantitative estimate of drug-likeness (QED) is 0.569. The topological polar surface area (TPSA) is 114 Å². The van der Waals surface area contributed by atoms with E-state index in [9.17, 15) is 27.6 Å². The lowest BCUT2D eigenvalue weighted by molar-refractivity contribution is -0.141. The van der Waals surface area contributed by atoms with Crippen LogP contribution in [0.3, 0.4) is 0 Å². The smallest absolute Gasteiger partial charge is 0.351 e. The van der Waals surface area contributed by atoms with Crippen molar-refractivity contribution in [1.82, 2.24) is 24.6 Å². The molecule has 0 atom stereocenters. The van der Waals surface area contributed by atoms with Crippen LogP contribution in [0.5, 0.6) is 0 Å². The van der Waals surface area contributed by atoms with Crippen molar-refractivity contribution in [3.05, 3.63) is 59.5 Å². The summed E-state index contributed by atoms with van der Waals surface area (Å²) in [6.07, 6.45) is -3.08. The number of primary amides is 1. The number of pyridine rings is 1. The number of rotatable bonds is 5. The largest absolute Gasteiger partial charge is 0.433 e. The average Bonchev–Trinajstić information content (AvgIpc) is 3.20. The molecule has 0 bridgehead atoms. The number of halogens is 3. The molecule has 3 heterocycles. The number of fused-ring (bicyclic) bond motifs is 1. The molecular weight excluding hydrogens is 453 g/mol. The van der Waals surface area contributed by atoms with Crippen LogP contribution < -0.4 is 5.73 Å². The highest BCUT2D eigenvalue weighted by Crippen LogP contribution is 2.27. The van der Waals surface area contributed by atoms with Gasteiger partial charge in [-0.1, -0.05) is 12.1 Å². The van der Waals surface area contributed by atoms with Crippen molar-refractivity contribution in [2.75, 3.05) is 26.2 Å². The SMILES string of the molecule is NC(=O)N1CCN(C(=O)Cn2cc3cc(CC(=O)c4cccc(C(F)(F)F)n4)ccc3n2)CC1. The Kier molecular flexibility index (Phi) is 6.22. The third-order valence-corrected chi connectivity index (χ3v) is 5.55. The maximum absolute atomic E-state index is 12.9. The van der Waals surface area contributed by atoms with Crippen molar-refractivity contribution in [3.8, 4) is 0 Å². The molecule has 0 unspecified atom stereocenters. The molecule has 2 N–H and O–H groups in total. The monoisotopic (exact) mass is 474 g/mol. The fourth-order valence-electron chi connectivity index (χ4n) is 3.76.